The molecule has 2 rings (SSSR count). The third-order valence-electron chi connectivity index (χ3n) is 4.06. The Kier molecular flexibility index (Phi) is 4.82. The number of piperidine rings is 1. The number of furan rings is 1. The molecule has 0 radical (unpaired) electrons. The van der Waals surface area contributed by atoms with Crippen molar-refractivity contribution in [3.05, 3.63) is 24.2 Å². The highest BCUT2D eigenvalue weighted by atomic mass is 16.4. The molecule has 0 bridgehead atoms. The molecule has 1 aromatic heterocycles. The number of likely N-dealkylation sites (tertiary alicyclic amines) is 1. The zero-order chi connectivity index (χ0) is 14.5. The largest absolute Gasteiger partial charge is 0.480 e. The van der Waals surface area contributed by atoms with Gasteiger partial charge in [-0.2, -0.15) is 0 Å². The highest BCUT2D eigenvalue weighted by Crippen LogP contribution is 2.26. The van der Waals surface area contributed by atoms with E-state index >= 15 is 0 Å². The highest BCUT2D eigenvalue weighted by molar-refractivity contribution is 5.84. The fraction of sp³-hybridized carbons (Fsp3) is 0.600. The lowest BCUT2D eigenvalue weighted by atomic mass is 9.88. The summed E-state index contributed by atoms with van der Waals surface area (Å²) in [4.78, 5) is 25.1. The van der Waals surface area contributed by atoms with Gasteiger partial charge in [-0.3, -0.25) is 4.79 Å². The topological polar surface area (TPSA) is 70.8 Å². The summed E-state index contributed by atoms with van der Waals surface area (Å²) < 4.78 is 5.19. The smallest absolute Gasteiger partial charge is 0.326 e. The van der Waals surface area contributed by atoms with Crippen molar-refractivity contribution in [2.75, 3.05) is 6.54 Å². The average molecular weight is 279 g/mol. The molecule has 0 aliphatic carbocycles. The van der Waals surface area contributed by atoms with Gasteiger partial charge in [0.15, 0.2) is 0 Å². The maximum atomic E-state index is 12.2. The normalized spacial score (nSPS) is 22.8. The molecule has 0 aromatic carbocycles. The minimum absolute atomic E-state index is 0.0941. The molecule has 5 heteroatoms. The predicted molar refractivity (Wildman–Crippen MR) is 73.2 cm³/mol. The van der Waals surface area contributed by atoms with E-state index < -0.39 is 12.0 Å². The van der Waals surface area contributed by atoms with E-state index in [9.17, 15) is 14.7 Å². The van der Waals surface area contributed by atoms with E-state index in [0.29, 0.717) is 31.7 Å². The van der Waals surface area contributed by atoms with Crippen molar-refractivity contribution in [2.45, 2.75) is 45.1 Å². The lowest BCUT2D eigenvalue weighted by Crippen LogP contribution is -2.50. The molecule has 2 heterocycles. The zero-order valence-corrected chi connectivity index (χ0v) is 11.7. The Morgan fingerprint density at radius 1 is 1.50 bits per heavy atom. The Bertz CT molecular complexity index is 454. The van der Waals surface area contributed by atoms with E-state index in [1.807, 2.05) is 6.07 Å². The van der Waals surface area contributed by atoms with Crippen LogP contribution in [0.4, 0.5) is 0 Å². The summed E-state index contributed by atoms with van der Waals surface area (Å²) in [5.41, 5.74) is 0. The van der Waals surface area contributed by atoms with Crippen LogP contribution in [0, 0.1) is 5.92 Å². The molecular weight excluding hydrogens is 258 g/mol. The Balaban J connectivity index is 1.94. The van der Waals surface area contributed by atoms with Gasteiger partial charge in [-0.25, -0.2) is 4.79 Å². The van der Waals surface area contributed by atoms with Gasteiger partial charge >= 0.3 is 5.97 Å². The fourth-order valence-electron chi connectivity index (χ4n) is 2.77. The molecule has 1 fully saturated rings. The van der Waals surface area contributed by atoms with Crippen LogP contribution in [-0.2, 0) is 16.0 Å². The van der Waals surface area contributed by atoms with Crippen LogP contribution in [0.5, 0.6) is 0 Å². The van der Waals surface area contributed by atoms with E-state index in [1.165, 1.54) is 4.90 Å². The standard InChI is InChI=1S/C15H21NO4/c1-2-11-7-8-16(13(10-11)15(18)19)14(17)6-5-12-4-3-9-20-12/h3-4,9,11,13H,2,5-8,10H2,1H3,(H,18,19). The first-order valence-corrected chi connectivity index (χ1v) is 7.16. The summed E-state index contributed by atoms with van der Waals surface area (Å²) in [6.07, 6.45) is 4.83. The van der Waals surface area contributed by atoms with Gasteiger partial charge in [0.05, 0.1) is 6.26 Å². The molecule has 2 unspecified atom stereocenters. The van der Waals surface area contributed by atoms with Crippen molar-refractivity contribution in [3.63, 3.8) is 0 Å². The maximum absolute atomic E-state index is 12.2. The number of aryl methyl sites for hydroxylation is 1. The van der Waals surface area contributed by atoms with Crippen molar-refractivity contribution >= 4 is 11.9 Å². The lowest BCUT2D eigenvalue weighted by molar-refractivity contribution is -0.153. The van der Waals surface area contributed by atoms with E-state index in [-0.39, 0.29) is 5.91 Å². The Morgan fingerprint density at radius 3 is 2.90 bits per heavy atom. The van der Waals surface area contributed by atoms with Crippen LogP contribution >= 0.6 is 0 Å². The van der Waals surface area contributed by atoms with Gasteiger partial charge in [0.2, 0.25) is 5.91 Å². The van der Waals surface area contributed by atoms with Gasteiger partial charge in [-0.15, -0.1) is 0 Å². The number of aliphatic carboxylic acids is 1. The second kappa shape index (κ2) is 6.59. The highest BCUT2D eigenvalue weighted by Gasteiger charge is 2.35. The van der Waals surface area contributed by atoms with E-state index in [1.54, 1.807) is 12.3 Å². The Labute approximate surface area is 118 Å². The number of carboxylic acids is 1. The molecule has 5 nitrogen and oxygen atoms in total. The summed E-state index contributed by atoms with van der Waals surface area (Å²) in [6, 6.07) is 2.94. The molecule has 1 saturated heterocycles. The van der Waals surface area contributed by atoms with Gasteiger partial charge in [0.25, 0.3) is 0 Å². The number of nitrogens with zero attached hydrogens (tertiary/aromatic N) is 1. The number of carbonyl (C=O) groups excluding carboxylic acids is 1. The van der Waals surface area contributed by atoms with Crippen LogP contribution in [0.15, 0.2) is 22.8 Å². The summed E-state index contributed by atoms with van der Waals surface area (Å²) in [5, 5.41) is 9.31. The number of carbonyl (C=O) groups is 2. The number of rotatable bonds is 5. The minimum Gasteiger partial charge on any atom is -0.480 e. The maximum Gasteiger partial charge on any atom is 0.326 e. The monoisotopic (exact) mass is 279 g/mol. The minimum atomic E-state index is -0.894. The van der Waals surface area contributed by atoms with Crippen LogP contribution in [0.1, 0.15) is 38.4 Å². The Hall–Kier alpha value is -1.78. The first-order valence-electron chi connectivity index (χ1n) is 7.16. The molecule has 1 aliphatic rings. The van der Waals surface area contributed by atoms with Gasteiger partial charge in [-0.05, 0) is 30.9 Å². The van der Waals surface area contributed by atoms with Gasteiger partial charge < -0.3 is 14.4 Å². The van der Waals surface area contributed by atoms with Crippen molar-refractivity contribution < 1.29 is 19.1 Å². The summed E-state index contributed by atoms with van der Waals surface area (Å²) in [6.45, 7) is 2.62. The average Bonchev–Trinajstić information content (AvgIpc) is 2.97. The van der Waals surface area contributed by atoms with Crippen molar-refractivity contribution in [3.8, 4) is 0 Å². The van der Waals surface area contributed by atoms with Gasteiger partial charge in [-0.1, -0.05) is 13.3 Å². The molecule has 0 spiro atoms. The predicted octanol–water partition coefficient (Wildman–Crippen LogP) is 2.31. The van der Waals surface area contributed by atoms with Crippen LogP contribution in [0.2, 0.25) is 0 Å². The molecular formula is C15H21NO4. The van der Waals surface area contributed by atoms with E-state index in [4.69, 9.17) is 4.42 Å². The molecule has 1 aliphatic heterocycles. The molecule has 20 heavy (non-hydrogen) atoms. The van der Waals surface area contributed by atoms with Crippen molar-refractivity contribution in [1.82, 2.24) is 4.90 Å². The van der Waals surface area contributed by atoms with Gasteiger partial charge in [0.1, 0.15) is 11.8 Å². The number of hydrogen-bond acceptors (Lipinski definition) is 3. The van der Waals surface area contributed by atoms with E-state index in [2.05, 4.69) is 6.92 Å². The first-order chi connectivity index (χ1) is 9.61. The summed E-state index contributed by atoms with van der Waals surface area (Å²) in [7, 11) is 0. The molecule has 0 saturated carbocycles. The SMILES string of the molecule is CCC1CCN(C(=O)CCc2ccco2)C(C(=O)O)C1. The summed E-state index contributed by atoms with van der Waals surface area (Å²) in [5.74, 6) is 0.178. The first kappa shape index (κ1) is 14.6. The van der Waals surface area contributed by atoms with Crippen LogP contribution < -0.4 is 0 Å². The van der Waals surface area contributed by atoms with Crippen LogP contribution in [0.25, 0.3) is 0 Å². The van der Waals surface area contributed by atoms with Crippen LogP contribution in [0.3, 0.4) is 0 Å². The lowest BCUT2D eigenvalue weighted by Gasteiger charge is -2.37. The third kappa shape index (κ3) is 3.40. The van der Waals surface area contributed by atoms with Crippen molar-refractivity contribution in [2.24, 2.45) is 5.92 Å². The molecule has 1 N–H and O–H groups in total. The molecule has 1 aromatic rings. The molecule has 1 amide bonds. The van der Waals surface area contributed by atoms with Gasteiger partial charge in [0, 0.05) is 19.4 Å². The summed E-state index contributed by atoms with van der Waals surface area (Å²) >= 11 is 0. The number of amides is 1. The second-order valence-corrected chi connectivity index (χ2v) is 5.32. The second-order valence-electron chi connectivity index (χ2n) is 5.32. The molecule has 110 valence electrons. The van der Waals surface area contributed by atoms with Crippen LogP contribution in [-0.4, -0.2) is 34.5 Å². The third-order valence-corrected chi connectivity index (χ3v) is 4.06. The zero-order valence-electron chi connectivity index (χ0n) is 11.7. The number of hydrogen-bond donors (Lipinski definition) is 1. The fourth-order valence-corrected chi connectivity index (χ4v) is 2.77. The van der Waals surface area contributed by atoms with E-state index in [0.717, 1.165) is 18.6 Å². The molecule has 2 atom stereocenters. The number of carboxylic acid groups (broad SMARTS) is 1. The Morgan fingerprint density at radius 2 is 2.30 bits per heavy atom. The van der Waals surface area contributed by atoms with Crippen molar-refractivity contribution in [1.29, 1.82) is 0 Å². The quantitative estimate of drug-likeness (QED) is 0.898.